The molecular weight excluding hydrogens is 246 g/mol. The van der Waals surface area contributed by atoms with Crippen LogP contribution in [0, 0.1) is 11.8 Å². The van der Waals surface area contributed by atoms with Crippen LogP contribution in [0.1, 0.15) is 48.7 Å². The molecule has 2 heterocycles. The van der Waals surface area contributed by atoms with Gasteiger partial charge in [0.1, 0.15) is 4.88 Å². The molecule has 2 aliphatic rings. The van der Waals surface area contributed by atoms with Crippen molar-refractivity contribution in [2.45, 2.75) is 45.1 Å². The molecule has 3 unspecified atom stereocenters. The maximum atomic E-state index is 12.5. The lowest BCUT2D eigenvalue weighted by Gasteiger charge is -2.47. The Morgan fingerprint density at radius 3 is 3.00 bits per heavy atom. The zero-order chi connectivity index (χ0) is 12.5. The molecule has 0 spiro atoms. The Kier molecular flexibility index (Phi) is 3.33. The van der Waals surface area contributed by atoms with Gasteiger partial charge in [0.05, 0.1) is 6.20 Å². The van der Waals surface area contributed by atoms with Crippen LogP contribution in [0.25, 0.3) is 0 Å². The Morgan fingerprint density at radius 1 is 1.39 bits per heavy atom. The van der Waals surface area contributed by atoms with Gasteiger partial charge in [0.2, 0.25) is 0 Å². The van der Waals surface area contributed by atoms with Gasteiger partial charge in [-0.2, -0.15) is 0 Å². The van der Waals surface area contributed by atoms with E-state index in [0.717, 1.165) is 18.9 Å². The van der Waals surface area contributed by atoms with E-state index in [1.54, 1.807) is 6.20 Å². The van der Waals surface area contributed by atoms with Gasteiger partial charge in [0.15, 0.2) is 0 Å². The first kappa shape index (κ1) is 12.1. The van der Waals surface area contributed by atoms with Crippen molar-refractivity contribution in [3.05, 3.63) is 11.1 Å². The van der Waals surface area contributed by atoms with Crippen molar-refractivity contribution in [1.29, 1.82) is 0 Å². The molecule has 0 N–H and O–H groups in total. The third-order valence-corrected chi connectivity index (χ3v) is 5.22. The average molecular weight is 265 g/mol. The second kappa shape index (κ2) is 4.96. The maximum absolute atomic E-state index is 12.5. The fourth-order valence-electron chi connectivity index (χ4n) is 3.57. The minimum Gasteiger partial charge on any atom is -0.335 e. The van der Waals surface area contributed by atoms with Gasteiger partial charge in [-0.1, -0.05) is 24.3 Å². The first-order valence-electron chi connectivity index (χ1n) is 6.85. The first-order chi connectivity index (χ1) is 8.77. The molecule has 1 saturated heterocycles. The highest BCUT2D eigenvalue weighted by Gasteiger charge is 2.39. The minimum atomic E-state index is 0.147. The largest absolute Gasteiger partial charge is 0.335 e. The zero-order valence-corrected chi connectivity index (χ0v) is 11.5. The van der Waals surface area contributed by atoms with E-state index in [4.69, 9.17) is 0 Å². The summed E-state index contributed by atoms with van der Waals surface area (Å²) in [6.07, 6.45) is 7.79. The fourth-order valence-corrected chi connectivity index (χ4v) is 4.04. The quantitative estimate of drug-likeness (QED) is 0.784. The van der Waals surface area contributed by atoms with Crippen LogP contribution >= 0.6 is 11.5 Å². The molecule has 4 nitrogen and oxygen atoms in total. The highest BCUT2D eigenvalue weighted by Crippen LogP contribution is 2.39. The molecule has 1 aromatic heterocycles. The summed E-state index contributed by atoms with van der Waals surface area (Å²) in [4.78, 5) is 15.3. The van der Waals surface area contributed by atoms with E-state index in [1.165, 1.54) is 37.2 Å². The number of hydrogen-bond donors (Lipinski definition) is 0. The van der Waals surface area contributed by atoms with Crippen LogP contribution in [-0.4, -0.2) is 33.0 Å². The molecule has 0 bridgehead atoms. The van der Waals surface area contributed by atoms with E-state index >= 15 is 0 Å². The Bertz CT molecular complexity index is 420. The van der Waals surface area contributed by atoms with Crippen LogP contribution in [0.2, 0.25) is 0 Å². The Morgan fingerprint density at radius 2 is 2.22 bits per heavy atom. The van der Waals surface area contributed by atoms with E-state index in [-0.39, 0.29) is 5.91 Å². The van der Waals surface area contributed by atoms with Gasteiger partial charge in [-0.25, -0.2) is 0 Å². The summed E-state index contributed by atoms with van der Waals surface area (Å²) in [5.41, 5.74) is 0. The lowest BCUT2D eigenvalue weighted by Crippen LogP contribution is -2.52. The number of amides is 1. The Balaban J connectivity index is 1.81. The standard InChI is InChI=1S/C13H19N3OS/c1-9-6-7-16(11-5-3-2-4-10(9)11)13(17)12-8-14-15-18-12/h8-11H,2-7H2,1H3. The van der Waals surface area contributed by atoms with Crippen molar-refractivity contribution in [2.75, 3.05) is 6.54 Å². The molecule has 0 aromatic carbocycles. The predicted molar refractivity (Wildman–Crippen MR) is 70.5 cm³/mol. The number of likely N-dealkylation sites (tertiary alicyclic amines) is 1. The van der Waals surface area contributed by atoms with Crippen LogP contribution in [0.3, 0.4) is 0 Å². The molecule has 1 saturated carbocycles. The summed E-state index contributed by atoms with van der Waals surface area (Å²) >= 11 is 1.21. The molecule has 1 aromatic rings. The second-order valence-electron chi connectivity index (χ2n) is 5.56. The SMILES string of the molecule is CC1CCN(C(=O)c2cnns2)C2CCCCC12. The van der Waals surface area contributed by atoms with Crippen LogP contribution < -0.4 is 0 Å². The van der Waals surface area contributed by atoms with Crippen molar-refractivity contribution in [3.63, 3.8) is 0 Å². The molecule has 1 aliphatic heterocycles. The third-order valence-electron chi connectivity index (χ3n) is 4.57. The van der Waals surface area contributed by atoms with Gasteiger partial charge in [-0.05, 0) is 42.6 Å². The van der Waals surface area contributed by atoms with Crippen molar-refractivity contribution in [1.82, 2.24) is 14.5 Å². The Hall–Kier alpha value is -0.970. The topological polar surface area (TPSA) is 46.1 Å². The van der Waals surface area contributed by atoms with Crippen LogP contribution in [0.15, 0.2) is 6.20 Å². The highest BCUT2D eigenvalue weighted by atomic mass is 32.1. The Labute approximate surface area is 112 Å². The zero-order valence-electron chi connectivity index (χ0n) is 10.7. The molecule has 1 amide bonds. The highest BCUT2D eigenvalue weighted by molar-refractivity contribution is 7.07. The number of carbonyl (C=O) groups excluding carboxylic acids is 1. The van der Waals surface area contributed by atoms with Crippen molar-refractivity contribution in [3.8, 4) is 0 Å². The van der Waals surface area contributed by atoms with E-state index in [1.807, 2.05) is 0 Å². The molecule has 3 rings (SSSR count). The summed E-state index contributed by atoms with van der Waals surface area (Å²) in [6, 6.07) is 0.456. The molecule has 2 fully saturated rings. The first-order valence-corrected chi connectivity index (χ1v) is 7.63. The van der Waals surface area contributed by atoms with Gasteiger partial charge in [0.25, 0.3) is 5.91 Å². The second-order valence-corrected chi connectivity index (χ2v) is 6.35. The third kappa shape index (κ3) is 2.05. The average Bonchev–Trinajstić information content (AvgIpc) is 2.93. The summed E-state index contributed by atoms with van der Waals surface area (Å²) in [6.45, 7) is 3.25. The summed E-state index contributed by atoms with van der Waals surface area (Å²) < 4.78 is 3.80. The molecule has 5 heteroatoms. The number of piperidine rings is 1. The minimum absolute atomic E-state index is 0.147. The van der Waals surface area contributed by atoms with Gasteiger partial charge in [0, 0.05) is 12.6 Å². The van der Waals surface area contributed by atoms with Gasteiger partial charge < -0.3 is 4.90 Å². The van der Waals surface area contributed by atoms with Gasteiger partial charge in [-0.15, -0.1) is 5.10 Å². The van der Waals surface area contributed by atoms with Crippen LogP contribution in [-0.2, 0) is 0 Å². The number of rotatable bonds is 1. The fraction of sp³-hybridized carbons (Fsp3) is 0.769. The molecule has 1 aliphatic carbocycles. The normalized spacial score (nSPS) is 32.1. The molecule has 3 atom stereocenters. The lowest BCUT2D eigenvalue weighted by molar-refractivity contribution is 0.0221. The van der Waals surface area contributed by atoms with Crippen molar-refractivity contribution in [2.24, 2.45) is 11.8 Å². The van der Waals surface area contributed by atoms with Gasteiger partial charge in [-0.3, -0.25) is 4.79 Å². The number of hydrogen-bond acceptors (Lipinski definition) is 4. The van der Waals surface area contributed by atoms with Crippen molar-refractivity contribution >= 4 is 17.4 Å². The van der Waals surface area contributed by atoms with E-state index in [9.17, 15) is 4.79 Å². The lowest BCUT2D eigenvalue weighted by atomic mass is 9.72. The molecule has 98 valence electrons. The van der Waals surface area contributed by atoms with E-state index in [0.29, 0.717) is 16.8 Å². The predicted octanol–water partition coefficient (Wildman–Crippen LogP) is 2.58. The summed E-state index contributed by atoms with van der Waals surface area (Å²) in [7, 11) is 0. The number of fused-ring (bicyclic) bond motifs is 1. The smallest absolute Gasteiger partial charge is 0.267 e. The number of aromatic nitrogens is 2. The van der Waals surface area contributed by atoms with Crippen LogP contribution in [0.5, 0.6) is 0 Å². The number of carbonyl (C=O) groups is 1. The molecule has 18 heavy (non-hydrogen) atoms. The van der Waals surface area contributed by atoms with Crippen LogP contribution in [0.4, 0.5) is 0 Å². The van der Waals surface area contributed by atoms with Gasteiger partial charge >= 0.3 is 0 Å². The van der Waals surface area contributed by atoms with E-state index < -0.39 is 0 Å². The van der Waals surface area contributed by atoms with Crippen molar-refractivity contribution < 1.29 is 4.79 Å². The molecule has 0 radical (unpaired) electrons. The number of nitrogens with zero attached hydrogens (tertiary/aromatic N) is 3. The summed E-state index contributed by atoms with van der Waals surface area (Å²) in [5, 5.41) is 3.78. The summed E-state index contributed by atoms with van der Waals surface area (Å²) in [5.74, 6) is 1.62. The maximum Gasteiger partial charge on any atom is 0.267 e. The molecular formula is C13H19N3OS. The monoisotopic (exact) mass is 265 g/mol. The van der Waals surface area contributed by atoms with E-state index in [2.05, 4.69) is 21.4 Å².